The molecule has 1 aromatic carbocycles. The Balaban J connectivity index is 2.36. The molecule has 20 heavy (non-hydrogen) atoms. The van der Waals surface area contributed by atoms with Crippen LogP contribution in [0.25, 0.3) is 0 Å². The van der Waals surface area contributed by atoms with Crippen LogP contribution in [0.2, 0.25) is 5.02 Å². The first-order valence-corrected chi connectivity index (χ1v) is 6.97. The number of nitrogens with zero attached hydrogens (tertiary/aromatic N) is 1. The van der Waals surface area contributed by atoms with Crippen molar-refractivity contribution >= 4 is 28.9 Å². The van der Waals surface area contributed by atoms with Crippen LogP contribution in [0.15, 0.2) is 18.2 Å². The Morgan fingerprint density at radius 3 is 2.80 bits per heavy atom. The zero-order valence-electron chi connectivity index (χ0n) is 11.9. The summed E-state index contributed by atoms with van der Waals surface area (Å²) in [6.45, 7) is 3.14. The molecule has 1 rings (SSSR count). The van der Waals surface area contributed by atoms with Crippen LogP contribution in [0.3, 0.4) is 0 Å². The van der Waals surface area contributed by atoms with Gasteiger partial charge in [0.15, 0.2) is 0 Å². The van der Waals surface area contributed by atoms with E-state index in [0.29, 0.717) is 35.8 Å². The summed E-state index contributed by atoms with van der Waals surface area (Å²) < 4.78 is 0. The molecule has 0 aliphatic carbocycles. The average molecular weight is 300 g/mol. The summed E-state index contributed by atoms with van der Waals surface area (Å²) >= 11 is 5.80. The molecule has 6 heteroatoms. The van der Waals surface area contributed by atoms with Crippen molar-refractivity contribution in [1.29, 1.82) is 0 Å². The van der Waals surface area contributed by atoms with Crippen molar-refractivity contribution in [2.24, 2.45) is 0 Å². The second-order valence-corrected chi connectivity index (χ2v) is 5.41. The van der Waals surface area contributed by atoms with Gasteiger partial charge in [-0.3, -0.25) is 4.79 Å². The quantitative estimate of drug-likeness (QED) is 0.673. The second-order valence-electron chi connectivity index (χ2n) is 4.97. The summed E-state index contributed by atoms with van der Waals surface area (Å²) in [6, 6.07) is 4.97. The van der Waals surface area contributed by atoms with Gasteiger partial charge >= 0.3 is 0 Å². The van der Waals surface area contributed by atoms with Gasteiger partial charge in [-0.25, -0.2) is 0 Å². The van der Waals surface area contributed by atoms with Gasteiger partial charge in [0, 0.05) is 24.5 Å². The molecule has 0 spiro atoms. The van der Waals surface area contributed by atoms with E-state index in [9.17, 15) is 9.90 Å². The summed E-state index contributed by atoms with van der Waals surface area (Å²) in [5.41, 5.74) is 6.80. The lowest BCUT2D eigenvalue weighted by Crippen LogP contribution is -2.27. The van der Waals surface area contributed by atoms with Gasteiger partial charge < -0.3 is 21.1 Å². The molecule has 1 amide bonds. The number of hydrogen-bond donors (Lipinski definition) is 3. The number of anilines is 2. The molecule has 0 heterocycles. The molecule has 1 aromatic rings. The molecule has 0 aliphatic heterocycles. The van der Waals surface area contributed by atoms with Crippen LogP contribution < -0.4 is 11.1 Å². The fourth-order valence-electron chi connectivity index (χ4n) is 1.67. The monoisotopic (exact) mass is 299 g/mol. The van der Waals surface area contributed by atoms with E-state index < -0.39 is 0 Å². The van der Waals surface area contributed by atoms with Gasteiger partial charge in [-0.2, -0.15) is 0 Å². The lowest BCUT2D eigenvalue weighted by Gasteiger charge is -2.17. The van der Waals surface area contributed by atoms with Crippen LogP contribution in [-0.2, 0) is 4.79 Å². The highest BCUT2D eigenvalue weighted by Crippen LogP contribution is 2.22. The maximum absolute atomic E-state index is 11.8. The molecule has 1 unspecified atom stereocenters. The van der Waals surface area contributed by atoms with Gasteiger partial charge in [0.2, 0.25) is 5.91 Å². The number of nitrogen functional groups attached to an aromatic ring is 1. The smallest absolute Gasteiger partial charge is 0.225 e. The second kappa shape index (κ2) is 8.09. The van der Waals surface area contributed by atoms with Crippen LogP contribution in [-0.4, -0.2) is 42.2 Å². The highest BCUT2D eigenvalue weighted by Gasteiger charge is 2.08. The van der Waals surface area contributed by atoms with Gasteiger partial charge in [-0.05, 0) is 38.6 Å². The number of carbonyl (C=O) groups excluding carboxylic acids is 1. The van der Waals surface area contributed by atoms with Crippen molar-refractivity contribution in [2.75, 3.05) is 31.2 Å². The van der Waals surface area contributed by atoms with Crippen LogP contribution in [0.5, 0.6) is 0 Å². The standard InChI is InChI=1S/C14H22ClN3O2/c1-10(19)5-7-18(2)8-6-14(20)17-13-4-3-11(15)9-12(13)16/h3-4,9-10,19H,5-8,16H2,1-2H3,(H,17,20). The number of rotatable bonds is 7. The molecule has 1 atom stereocenters. The van der Waals surface area contributed by atoms with Crippen molar-refractivity contribution in [2.45, 2.75) is 25.9 Å². The minimum atomic E-state index is -0.319. The number of carbonyl (C=O) groups is 1. The van der Waals surface area contributed by atoms with Crippen LogP contribution >= 0.6 is 11.6 Å². The molecule has 0 saturated carbocycles. The van der Waals surface area contributed by atoms with Crippen LogP contribution in [0, 0.1) is 0 Å². The van der Waals surface area contributed by atoms with Gasteiger partial charge in [0.05, 0.1) is 17.5 Å². The summed E-state index contributed by atoms with van der Waals surface area (Å²) in [6.07, 6.45) is 0.751. The fourth-order valence-corrected chi connectivity index (χ4v) is 1.85. The minimum Gasteiger partial charge on any atom is -0.397 e. The Kier molecular flexibility index (Phi) is 6.78. The lowest BCUT2D eigenvalue weighted by molar-refractivity contribution is -0.116. The van der Waals surface area contributed by atoms with Crippen molar-refractivity contribution < 1.29 is 9.90 Å². The Morgan fingerprint density at radius 1 is 1.50 bits per heavy atom. The van der Waals surface area contributed by atoms with E-state index in [-0.39, 0.29) is 12.0 Å². The SMILES string of the molecule is CC(O)CCN(C)CCC(=O)Nc1ccc(Cl)cc1N. The molecule has 0 saturated heterocycles. The number of nitrogens with two attached hydrogens (primary N) is 1. The predicted molar refractivity (Wildman–Crippen MR) is 82.9 cm³/mol. The molecular formula is C14H22ClN3O2. The average Bonchev–Trinajstić information content (AvgIpc) is 2.37. The summed E-state index contributed by atoms with van der Waals surface area (Å²) in [5, 5.41) is 12.5. The number of nitrogens with one attached hydrogen (secondary N) is 1. The minimum absolute atomic E-state index is 0.0945. The number of benzene rings is 1. The Hall–Kier alpha value is -1.30. The first-order chi connectivity index (χ1) is 9.38. The number of hydrogen-bond acceptors (Lipinski definition) is 4. The van der Waals surface area contributed by atoms with Crippen molar-refractivity contribution in [3.8, 4) is 0 Å². The number of aliphatic hydroxyl groups is 1. The molecule has 112 valence electrons. The molecule has 0 aromatic heterocycles. The third kappa shape index (κ3) is 6.23. The third-order valence-electron chi connectivity index (χ3n) is 2.94. The van der Waals surface area contributed by atoms with E-state index in [1.807, 2.05) is 11.9 Å². The molecule has 0 fully saturated rings. The predicted octanol–water partition coefficient (Wildman–Crippen LogP) is 1.95. The van der Waals surface area contributed by atoms with Crippen molar-refractivity contribution in [3.05, 3.63) is 23.2 Å². The molecule has 4 N–H and O–H groups in total. The first kappa shape index (κ1) is 16.8. The van der Waals surface area contributed by atoms with E-state index in [4.69, 9.17) is 17.3 Å². The van der Waals surface area contributed by atoms with E-state index in [1.54, 1.807) is 25.1 Å². The van der Waals surface area contributed by atoms with Crippen LogP contribution in [0.1, 0.15) is 19.8 Å². The van der Waals surface area contributed by atoms with E-state index >= 15 is 0 Å². The number of aliphatic hydroxyl groups excluding tert-OH is 1. The van der Waals surface area contributed by atoms with Gasteiger partial charge in [-0.1, -0.05) is 11.6 Å². The van der Waals surface area contributed by atoms with Gasteiger partial charge in [0.25, 0.3) is 0 Å². The molecule has 0 bridgehead atoms. The summed E-state index contributed by atoms with van der Waals surface area (Å²) in [5.74, 6) is -0.0945. The Labute approximate surface area is 124 Å². The van der Waals surface area contributed by atoms with Crippen LogP contribution in [0.4, 0.5) is 11.4 Å². The Morgan fingerprint density at radius 2 is 2.20 bits per heavy atom. The third-order valence-corrected chi connectivity index (χ3v) is 3.17. The zero-order chi connectivity index (χ0) is 15.1. The van der Waals surface area contributed by atoms with E-state index in [0.717, 1.165) is 6.54 Å². The Bertz CT molecular complexity index is 452. The lowest BCUT2D eigenvalue weighted by atomic mass is 10.2. The maximum atomic E-state index is 11.8. The topological polar surface area (TPSA) is 78.6 Å². The number of amides is 1. The maximum Gasteiger partial charge on any atom is 0.225 e. The van der Waals surface area contributed by atoms with E-state index in [2.05, 4.69) is 5.32 Å². The van der Waals surface area contributed by atoms with Crippen molar-refractivity contribution in [3.63, 3.8) is 0 Å². The van der Waals surface area contributed by atoms with Crippen molar-refractivity contribution in [1.82, 2.24) is 4.90 Å². The molecular weight excluding hydrogens is 278 g/mol. The summed E-state index contributed by atoms with van der Waals surface area (Å²) in [7, 11) is 1.92. The highest BCUT2D eigenvalue weighted by molar-refractivity contribution is 6.31. The highest BCUT2D eigenvalue weighted by atomic mass is 35.5. The van der Waals surface area contributed by atoms with E-state index in [1.165, 1.54) is 0 Å². The zero-order valence-corrected chi connectivity index (χ0v) is 12.7. The summed E-state index contributed by atoms with van der Waals surface area (Å²) in [4.78, 5) is 13.8. The number of halogens is 1. The van der Waals surface area contributed by atoms with Gasteiger partial charge in [0.1, 0.15) is 0 Å². The fraction of sp³-hybridized carbons (Fsp3) is 0.500. The molecule has 0 radical (unpaired) electrons. The first-order valence-electron chi connectivity index (χ1n) is 6.60. The molecule has 0 aliphatic rings. The normalized spacial score (nSPS) is 12.4. The largest absolute Gasteiger partial charge is 0.397 e. The molecule has 5 nitrogen and oxygen atoms in total. The van der Waals surface area contributed by atoms with Gasteiger partial charge in [-0.15, -0.1) is 0 Å².